The van der Waals surface area contributed by atoms with Crippen molar-refractivity contribution in [2.24, 2.45) is 5.92 Å². The minimum atomic E-state index is -0.767. The van der Waals surface area contributed by atoms with Crippen LogP contribution in [0.15, 0.2) is 18.2 Å². The molecule has 1 aromatic rings. The van der Waals surface area contributed by atoms with Crippen molar-refractivity contribution in [3.63, 3.8) is 0 Å². The molecule has 0 radical (unpaired) electrons. The van der Waals surface area contributed by atoms with E-state index in [-0.39, 0.29) is 17.6 Å². The fourth-order valence-electron chi connectivity index (χ4n) is 2.44. The molecular weight excluding hydrogens is 192 g/mol. The Kier molecular flexibility index (Phi) is 2.39. The van der Waals surface area contributed by atoms with Gasteiger partial charge in [0, 0.05) is 5.56 Å². The highest BCUT2D eigenvalue weighted by atomic mass is 16.4. The van der Waals surface area contributed by atoms with Crippen molar-refractivity contribution in [1.82, 2.24) is 0 Å². The predicted octanol–water partition coefficient (Wildman–Crippen LogP) is 2.14. The fourth-order valence-corrected chi connectivity index (χ4v) is 2.44. The Balaban J connectivity index is 2.45. The van der Waals surface area contributed by atoms with Crippen LogP contribution in [0.25, 0.3) is 0 Å². The number of phenols is 1. The lowest BCUT2D eigenvalue weighted by atomic mass is 9.76. The van der Waals surface area contributed by atoms with E-state index in [1.807, 2.05) is 19.1 Å². The van der Waals surface area contributed by atoms with Crippen LogP contribution in [-0.2, 0) is 11.2 Å². The average Bonchev–Trinajstić information content (AvgIpc) is 2.17. The number of benzene rings is 1. The molecule has 0 bridgehead atoms. The molecule has 2 rings (SSSR count). The van der Waals surface area contributed by atoms with Gasteiger partial charge in [-0.3, -0.25) is 4.79 Å². The van der Waals surface area contributed by atoms with E-state index in [1.54, 1.807) is 6.07 Å². The summed E-state index contributed by atoms with van der Waals surface area (Å²) >= 11 is 0. The third kappa shape index (κ3) is 1.58. The largest absolute Gasteiger partial charge is 0.508 e. The lowest BCUT2D eigenvalue weighted by Crippen LogP contribution is -2.25. The molecule has 0 aromatic heterocycles. The first-order valence-electron chi connectivity index (χ1n) is 5.15. The quantitative estimate of drug-likeness (QED) is 0.740. The number of hydrogen-bond acceptors (Lipinski definition) is 2. The summed E-state index contributed by atoms with van der Waals surface area (Å²) in [4.78, 5) is 11.0. The normalized spacial score (nSPS) is 24.6. The molecule has 0 fully saturated rings. The number of carbonyl (C=O) groups is 1. The topological polar surface area (TPSA) is 57.5 Å². The van der Waals surface area contributed by atoms with Gasteiger partial charge in [0.05, 0.1) is 5.92 Å². The first-order chi connectivity index (χ1) is 7.11. The monoisotopic (exact) mass is 206 g/mol. The SMILES string of the molecule is CC1c2c(O)cccc2CCC1C(=O)O. The summed E-state index contributed by atoms with van der Waals surface area (Å²) in [7, 11) is 0. The van der Waals surface area contributed by atoms with Crippen LogP contribution >= 0.6 is 0 Å². The number of carboxylic acids is 1. The molecule has 3 heteroatoms. The van der Waals surface area contributed by atoms with E-state index in [0.29, 0.717) is 6.42 Å². The van der Waals surface area contributed by atoms with Gasteiger partial charge in [0.25, 0.3) is 0 Å². The van der Waals surface area contributed by atoms with Crippen LogP contribution in [0.4, 0.5) is 0 Å². The van der Waals surface area contributed by atoms with Crippen molar-refractivity contribution in [1.29, 1.82) is 0 Å². The van der Waals surface area contributed by atoms with Crippen molar-refractivity contribution in [2.45, 2.75) is 25.7 Å². The molecule has 0 saturated heterocycles. The third-order valence-corrected chi connectivity index (χ3v) is 3.27. The second-order valence-corrected chi connectivity index (χ2v) is 4.12. The molecule has 2 unspecified atom stereocenters. The van der Waals surface area contributed by atoms with Crippen molar-refractivity contribution in [3.8, 4) is 5.75 Å². The number of rotatable bonds is 1. The van der Waals surface area contributed by atoms with E-state index >= 15 is 0 Å². The summed E-state index contributed by atoms with van der Waals surface area (Å²) in [5, 5.41) is 18.8. The highest BCUT2D eigenvalue weighted by Gasteiger charge is 2.32. The first-order valence-corrected chi connectivity index (χ1v) is 5.15. The zero-order valence-corrected chi connectivity index (χ0v) is 8.60. The second-order valence-electron chi connectivity index (χ2n) is 4.12. The minimum absolute atomic E-state index is 0.104. The molecule has 0 amide bonds. The maximum Gasteiger partial charge on any atom is 0.307 e. The highest BCUT2D eigenvalue weighted by Crippen LogP contribution is 2.40. The molecule has 80 valence electrons. The van der Waals surface area contributed by atoms with E-state index < -0.39 is 5.97 Å². The Bertz CT molecular complexity index is 398. The number of fused-ring (bicyclic) bond motifs is 1. The maximum atomic E-state index is 11.0. The number of phenolic OH excluding ortho intramolecular Hbond substituents is 1. The van der Waals surface area contributed by atoms with Crippen molar-refractivity contribution in [2.75, 3.05) is 0 Å². The van der Waals surface area contributed by atoms with Crippen LogP contribution in [-0.4, -0.2) is 16.2 Å². The Hall–Kier alpha value is -1.51. The lowest BCUT2D eigenvalue weighted by Gasteiger charge is -2.28. The Labute approximate surface area is 88.4 Å². The molecule has 1 aliphatic carbocycles. The summed E-state index contributed by atoms with van der Waals surface area (Å²) in [5.41, 5.74) is 1.90. The molecule has 2 N–H and O–H groups in total. The van der Waals surface area contributed by atoms with Crippen molar-refractivity contribution in [3.05, 3.63) is 29.3 Å². The molecule has 3 nitrogen and oxygen atoms in total. The molecule has 0 saturated carbocycles. The summed E-state index contributed by atoms with van der Waals surface area (Å²) in [6.45, 7) is 1.87. The average molecular weight is 206 g/mol. The number of hydrogen-bond donors (Lipinski definition) is 2. The van der Waals surface area contributed by atoms with Gasteiger partial charge in [-0.2, -0.15) is 0 Å². The van der Waals surface area contributed by atoms with Crippen molar-refractivity contribution >= 4 is 5.97 Å². The number of aromatic hydroxyl groups is 1. The van der Waals surface area contributed by atoms with E-state index in [2.05, 4.69) is 0 Å². The van der Waals surface area contributed by atoms with Gasteiger partial charge in [0.1, 0.15) is 5.75 Å². The molecule has 0 heterocycles. The Morgan fingerprint density at radius 3 is 2.87 bits per heavy atom. The van der Waals surface area contributed by atoms with Gasteiger partial charge in [-0.15, -0.1) is 0 Å². The van der Waals surface area contributed by atoms with Crippen molar-refractivity contribution < 1.29 is 15.0 Å². The second kappa shape index (κ2) is 3.57. The Morgan fingerprint density at radius 1 is 1.47 bits per heavy atom. The Morgan fingerprint density at radius 2 is 2.20 bits per heavy atom. The van der Waals surface area contributed by atoms with Crippen LogP contribution in [0, 0.1) is 5.92 Å². The van der Waals surface area contributed by atoms with E-state index in [9.17, 15) is 9.90 Å². The van der Waals surface area contributed by atoms with E-state index in [0.717, 1.165) is 17.5 Å². The molecule has 1 aromatic carbocycles. The fraction of sp³-hybridized carbons (Fsp3) is 0.417. The molecule has 15 heavy (non-hydrogen) atoms. The molecule has 2 atom stereocenters. The van der Waals surface area contributed by atoms with Crippen LogP contribution in [0.1, 0.15) is 30.4 Å². The number of aliphatic carboxylic acids is 1. The van der Waals surface area contributed by atoms with Gasteiger partial charge in [-0.25, -0.2) is 0 Å². The molecule has 1 aliphatic rings. The highest BCUT2D eigenvalue weighted by molar-refractivity contribution is 5.72. The lowest BCUT2D eigenvalue weighted by molar-refractivity contribution is -0.142. The van der Waals surface area contributed by atoms with Crippen LogP contribution in [0.3, 0.4) is 0 Å². The summed E-state index contributed by atoms with van der Waals surface area (Å²) in [6, 6.07) is 5.39. The van der Waals surface area contributed by atoms with Crippen LogP contribution in [0.5, 0.6) is 5.75 Å². The standard InChI is InChI=1S/C12H14O3/c1-7-9(12(14)15)6-5-8-3-2-4-10(13)11(7)8/h2-4,7,9,13H,5-6H2,1H3,(H,14,15). The van der Waals surface area contributed by atoms with Gasteiger partial charge in [-0.1, -0.05) is 19.1 Å². The third-order valence-electron chi connectivity index (χ3n) is 3.27. The van der Waals surface area contributed by atoms with E-state index in [1.165, 1.54) is 0 Å². The number of carboxylic acid groups (broad SMARTS) is 1. The van der Waals surface area contributed by atoms with Crippen LogP contribution in [0.2, 0.25) is 0 Å². The molecule has 0 spiro atoms. The van der Waals surface area contributed by atoms with Gasteiger partial charge < -0.3 is 10.2 Å². The maximum absolute atomic E-state index is 11.0. The summed E-state index contributed by atoms with van der Waals surface area (Å²) in [5.74, 6) is -1.01. The van der Waals surface area contributed by atoms with Gasteiger partial charge in [-0.05, 0) is 30.4 Å². The zero-order chi connectivity index (χ0) is 11.0. The summed E-state index contributed by atoms with van der Waals surface area (Å²) in [6.07, 6.45) is 1.40. The molecule has 0 aliphatic heterocycles. The molecular formula is C12H14O3. The first kappa shape index (κ1) is 10.0. The van der Waals surface area contributed by atoms with E-state index in [4.69, 9.17) is 5.11 Å². The number of aryl methyl sites for hydroxylation is 1. The predicted molar refractivity (Wildman–Crippen MR) is 56.0 cm³/mol. The summed E-state index contributed by atoms with van der Waals surface area (Å²) < 4.78 is 0. The minimum Gasteiger partial charge on any atom is -0.508 e. The van der Waals surface area contributed by atoms with Gasteiger partial charge in [0.2, 0.25) is 0 Å². The zero-order valence-electron chi connectivity index (χ0n) is 8.60. The smallest absolute Gasteiger partial charge is 0.307 e. The van der Waals surface area contributed by atoms with Gasteiger partial charge in [0.15, 0.2) is 0 Å². The van der Waals surface area contributed by atoms with Crippen LogP contribution < -0.4 is 0 Å². The van der Waals surface area contributed by atoms with Gasteiger partial charge >= 0.3 is 5.97 Å².